The molecule has 5 fully saturated rings. The van der Waals surface area contributed by atoms with E-state index in [0.717, 1.165) is 5.56 Å². The Balaban J connectivity index is 1.38. The van der Waals surface area contributed by atoms with Crippen molar-refractivity contribution in [3.8, 4) is 0 Å². The second-order valence-corrected chi connectivity index (χ2v) is 19.9. The monoisotopic (exact) mass is 919 g/mol. The predicted octanol–water partition coefficient (Wildman–Crippen LogP) is 6.74. The lowest BCUT2D eigenvalue weighted by atomic mass is 9.76. The maximum atomic E-state index is 14.7. The minimum atomic E-state index is -1.35. The molecule has 1 aromatic rings. The van der Waals surface area contributed by atoms with E-state index < -0.39 is 120 Å². The molecule has 0 unspecified atom stereocenters. The van der Waals surface area contributed by atoms with E-state index in [9.17, 15) is 19.2 Å². The maximum Gasteiger partial charge on any atom is 0.509 e. The van der Waals surface area contributed by atoms with Crippen LogP contribution in [-0.4, -0.2) is 141 Å². The predicted molar refractivity (Wildman–Crippen MR) is 232 cm³/mol. The van der Waals surface area contributed by atoms with Gasteiger partial charge in [-0.3, -0.25) is 9.59 Å². The molecule has 6 rings (SSSR count). The molecular formula is C48H73NO16. The van der Waals surface area contributed by atoms with Crippen molar-refractivity contribution >= 4 is 24.2 Å². The first-order valence-corrected chi connectivity index (χ1v) is 23.2. The molecule has 5 aliphatic heterocycles. The molecular weight excluding hydrogens is 847 g/mol. The molecule has 17 heteroatoms. The van der Waals surface area contributed by atoms with Crippen LogP contribution in [0.4, 0.5) is 9.59 Å². The average Bonchev–Trinajstić information content (AvgIpc) is 3.74. The molecule has 5 heterocycles. The molecule has 0 radical (unpaired) electrons. The molecule has 0 spiro atoms. The molecule has 366 valence electrons. The van der Waals surface area contributed by atoms with E-state index in [1.165, 1.54) is 14.0 Å². The van der Waals surface area contributed by atoms with Crippen LogP contribution in [0.15, 0.2) is 30.3 Å². The Morgan fingerprint density at radius 1 is 0.862 bits per heavy atom. The summed E-state index contributed by atoms with van der Waals surface area (Å²) in [4.78, 5) is 55.5. The molecule has 2 bridgehead atoms. The lowest BCUT2D eigenvalue weighted by Crippen LogP contribution is -2.61. The Bertz CT molecular complexity index is 1820. The molecule has 5 aliphatic rings. The number of fused-ring (bicyclic) bond motifs is 3. The van der Waals surface area contributed by atoms with E-state index >= 15 is 0 Å². The average molecular weight is 920 g/mol. The van der Waals surface area contributed by atoms with Gasteiger partial charge in [0.2, 0.25) is 0 Å². The van der Waals surface area contributed by atoms with E-state index in [2.05, 4.69) is 6.92 Å². The molecule has 5 saturated heterocycles. The number of rotatable bonds is 11. The van der Waals surface area contributed by atoms with Crippen LogP contribution >= 0.6 is 0 Å². The summed E-state index contributed by atoms with van der Waals surface area (Å²) in [5.74, 6) is -3.24. The number of likely N-dealkylation sites (N-methyl/N-ethyl adjacent to an activating group) is 1. The Morgan fingerprint density at radius 3 is 2.18 bits per heavy atom. The van der Waals surface area contributed by atoms with Gasteiger partial charge in [-0.25, -0.2) is 9.59 Å². The Labute approximate surface area is 383 Å². The minimum absolute atomic E-state index is 0.0192. The number of benzene rings is 1. The number of methoxy groups -OCH3 is 1. The van der Waals surface area contributed by atoms with Crippen molar-refractivity contribution in [3.63, 3.8) is 0 Å². The van der Waals surface area contributed by atoms with Crippen LogP contribution in [0.25, 0.3) is 0 Å². The molecule has 19 atom stereocenters. The molecule has 17 nitrogen and oxygen atoms in total. The molecule has 0 saturated carbocycles. The summed E-state index contributed by atoms with van der Waals surface area (Å²) < 4.78 is 76.0. The van der Waals surface area contributed by atoms with Crippen molar-refractivity contribution in [2.75, 3.05) is 21.2 Å². The van der Waals surface area contributed by atoms with Crippen LogP contribution in [0.3, 0.4) is 0 Å². The van der Waals surface area contributed by atoms with E-state index in [1.54, 1.807) is 27.7 Å². The smallest absolute Gasteiger partial charge is 0.458 e. The van der Waals surface area contributed by atoms with E-state index in [4.69, 9.17) is 56.8 Å². The standard InChI is InChI=1S/C48H73NO16/c1-15-34-48(11)40(62-45(53)65-48)27(4)36-25(2)22-47(10,64-36)39(61-43-38(58-31(8)50)33(49(12)13)21-26(3)56-43)28(5)37(29(6)42(51)59-34)60-35-23-46(9,54-14)41(30(7)57-35)63-44(52)55-24-32-19-17-16-18-20-32/h16-20,25-30,33-41,43H,15,21-24H2,1-14H3/t25-,26-,27+,28+,29-,30-,33+,34-,35+,36-,37+,38-,39-,40-,41-,43+,46+,47+,48-/m1/s1. The molecule has 0 amide bonds. The third kappa shape index (κ3) is 10.8. The van der Waals surface area contributed by atoms with Crippen molar-refractivity contribution in [1.82, 2.24) is 4.90 Å². The largest absolute Gasteiger partial charge is 0.509 e. The number of carbonyl (C=O) groups is 4. The fourth-order valence-electron chi connectivity index (χ4n) is 11.2. The zero-order valence-corrected chi connectivity index (χ0v) is 40.6. The van der Waals surface area contributed by atoms with Gasteiger partial charge in [-0.05, 0) is 86.4 Å². The first kappa shape index (κ1) is 50.8. The van der Waals surface area contributed by atoms with Crippen molar-refractivity contribution in [1.29, 1.82) is 0 Å². The summed E-state index contributed by atoms with van der Waals surface area (Å²) in [5, 5.41) is 0. The Kier molecular flexibility index (Phi) is 15.9. The van der Waals surface area contributed by atoms with Crippen molar-refractivity contribution in [2.24, 2.45) is 23.7 Å². The zero-order valence-electron chi connectivity index (χ0n) is 40.6. The minimum Gasteiger partial charge on any atom is -0.458 e. The molecule has 0 N–H and O–H groups in total. The van der Waals surface area contributed by atoms with Crippen LogP contribution in [-0.2, 0) is 73.0 Å². The van der Waals surface area contributed by atoms with Gasteiger partial charge in [-0.2, -0.15) is 0 Å². The number of nitrogens with zero attached hydrogens (tertiary/aromatic N) is 1. The summed E-state index contributed by atoms with van der Waals surface area (Å²) in [6.07, 6.45) is -9.12. The van der Waals surface area contributed by atoms with Gasteiger partial charge in [0.1, 0.15) is 18.3 Å². The summed E-state index contributed by atoms with van der Waals surface area (Å²) >= 11 is 0. The van der Waals surface area contributed by atoms with Crippen LogP contribution < -0.4 is 0 Å². The van der Waals surface area contributed by atoms with Gasteiger partial charge >= 0.3 is 24.2 Å². The van der Waals surface area contributed by atoms with Crippen LogP contribution in [0.5, 0.6) is 0 Å². The number of esters is 2. The topological polar surface area (TPSA) is 182 Å². The van der Waals surface area contributed by atoms with Gasteiger partial charge in [0.05, 0.1) is 48.1 Å². The third-order valence-corrected chi connectivity index (χ3v) is 14.5. The first-order valence-electron chi connectivity index (χ1n) is 23.2. The lowest BCUT2D eigenvalue weighted by molar-refractivity contribution is -0.320. The molecule has 0 aliphatic carbocycles. The number of hydrogen-bond donors (Lipinski definition) is 0. The van der Waals surface area contributed by atoms with E-state index in [1.807, 2.05) is 83.9 Å². The maximum absolute atomic E-state index is 14.7. The highest BCUT2D eigenvalue weighted by molar-refractivity contribution is 5.73. The summed E-state index contributed by atoms with van der Waals surface area (Å²) in [7, 11) is 5.36. The van der Waals surface area contributed by atoms with Crippen LogP contribution in [0.1, 0.15) is 107 Å². The first-order chi connectivity index (χ1) is 30.5. The van der Waals surface area contributed by atoms with Gasteiger partial charge in [0, 0.05) is 32.3 Å². The summed E-state index contributed by atoms with van der Waals surface area (Å²) in [6, 6.07) is 9.01. The molecule has 0 aromatic heterocycles. The normalized spacial score (nSPS) is 43.4. The second-order valence-electron chi connectivity index (χ2n) is 19.9. The quantitative estimate of drug-likeness (QED) is 0.168. The zero-order chi connectivity index (χ0) is 47.8. The lowest BCUT2D eigenvalue weighted by Gasteiger charge is -2.49. The number of carbonyl (C=O) groups excluding carboxylic acids is 4. The van der Waals surface area contributed by atoms with Gasteiger partial charge in [0.15, 0.2) is 36.5 Å². The number of cyclic esters (lactones) is 1. The molecule has 1 aromatic carbocycles. The van der Waals surface area contributed by atoms with Gasteiger partial charge in [-0.15, -0.1) is 0 Å². The van der Waals surface area contributed by atoms with Crippen molar-refractivity contribution in [3.05, 3.63) is 35.9 Å². The van der Waals surface area contributed by atoms with Gasteiger partial charge < -0.3 is 61.7 Å². The second kappa shape index (κ2) is 20.3. The Hall–Kier alpha value is -3.58. The summed E-state index contributed by atoms with van der Waals surface area (Å²) in [5.41, 5.74) is -2.75. The highest BCUT2D eigenvalue weighted by atomic mass is 16.8. The van der Waals surface area contributed by atoms with Crippen LogP contribution in [0.2, 0.25) is 0 Å². The van der Waals surface area contributed by atoms with Crippen molar-refractivity contribution in [2.45, 2.75) is 199 Å². The fraction of sp³-hybridized carbons (Fsp3) is 0.792. The van der Waals surface area contributed by atoms with E-state index in [-0.39, 0.29) is 31.1 Å². The summed E-state index contributed by atoms with van der Waals surface area (Å²) in [6.45, 7) is 20.1. The van der Waals surface area contributed by atoms with Gasteiger partial charge in [-0.1, -0.05) is 58.0 Å². The van der Waals surface area contributed by atoms with Crippen molar-refractivity contribution < 1.29 is 76.0 Å². The van der Waals surface area contributed by atoms with Gasteiger partial charge in [0.25, 0.3) is 0 Å². The highest BCUT2D eigenvalue weighted by Crippen LogP contribution is 2.50. The van der Waals surface area contributed by atoms with E-state index in [0.29, 0.717) is 19.3 Å². The Morgan fingerprint density at radius 2 is 1.55 bits per heavy atom. The molecule has 65 heavy (non-hydrogen) atoms. The fourth-order valence-corrected chi connectivity index (χ4v) is 11.2. The third-order valence-electron chi connectivity index (χ3n) is 14.5. The number of ether oxygens (including phenoxy) is 12. The number of hydrogen-bond acceptors (Lipinski definition) is 17. The SMILES string of the molecule is CC[C@H]1OC(=O)[C@H](C)[C@@H](O[C@H]2C[C@](C)(OC)[C@H](OC(=O)OCc3ccccc3)[C@@H](C)O2)[C@H](C)[C@@H](O[C@@H]2O[C@H](C)C[C@H](N(C)C)[C@H]2OC(C)=O)[C@]2(C)C[C@@H](C)[C@@H](O2)[C@H](C)[C@H]2OC(=O)O[C@@]21C. The van der Waals surface area contributed by atoms with Crippen LogP contribution in [0, 0.1) is 23.7 Å². The highest BCUT2D eigenvalue weighted by Gasteiger charge is 2.62.